The highest BCUT2D eigenvalue weighted by atomic mass is 35.5. The number of carbonyl (C=O) groups is 1. The molecule has 2 aliphatic carbocycles. The van der Waals surface area contributed by atoms with Crippen molar-refractivity contribution in [3.63, 3.8) is 0 Å². The minimum atomic E-state index is -4.61. The number of carbonyl (C=O) groups excluding carboxylic acids is 2. The SMILES string of the molecule is Nc1cccc2c1CC(CO)CC2.O=C(Nc1ccc(Cl)c(C(F)(F)F)c1)Nc1cccc2c1CC(CO)CC2.O=C=Nc1ccc(Cl)c(C(F)(F)F)c1. The number of hydrogen-bond donors (Lipinski definition) is 5. The van der Waals surface area contributed by atoms with Crippen molar-refractivity contribution in [3.8, 4) is 0 Å². The van der Waals surface area contributed by atoms with Crippen molar-refractivity contribution in [1.29, 1.82) is 0 Å². The number of aliphatic hydroxyl groups excluding tert-OH is 2. The summed E-state index contributed by atoms with van der Waals surface area (Å²) in [6, 6.07) is 17.1. The average Bonchev–Trinajstić information content (AvgIpc) is 3.13. The lowest BCUT2D eigenvalue weighted by molar-refractivity contribution is -0.138. The molecular weight excluding hydrogens is 761 g/mol. The molecule has 2 atom stereocenters. The van der Waals surface area contributed by atoms with Crippen LogP contribution in [0.2, 0.25) is 10.0 Å². The summed E-state index contributed by atoms with van der Waals surface area (Å²) in [4.78, 5) is 25.2. The number of rotatable bonds is 5. The quantitative estimate of drug-likeness (QED) is 0.0593. The first-order valence-electron chi connectivity index (χ1n) is 16.6. The molecule has 0 saturated heterocycles. The van der Waals surface area contributed by atoms with Crippen LogP contribution in [0.1, 0.15) is 46.2 Å². The van der Waals surface area contributed by atoms with Gasteiger partial charge in [-0.15, -0.1) is 0 Å². The minimum Gasteiger partial charge on any atom is -0.398 e. The van der Waals surface area contributed by atoms with E-state index in [1.54, 1.807) is 6.07 Å². The number of urea groups is 1. The van der Waals surface area contributed by atoms with Crippen molar-refractivity contribution in [1.82, 2.24) is 0 Å². The maximum Gasteiger partial charge on any atom is 0.417 e. The number of nitrogens with two attached hydrogens (primary N) is 1. The molecule has 2 amide bonds. The number of isocyanates is 1. The Bertz CT molecular complexity index is 1990. The van der Waals surface area contributed by atoms with Crippen molar-refractivity contribution >= 4 is 58.1 Å². The molecule has 54 heavy (non-hydrogen) atoms. The standard InChI is InChI=1S/C19H18ClF3N2O2.C11H15NO.C8H3ClF3NO/c20-16-7-6-13(9-15(16)19(21,22)23)24-18(27)25-17-3-1-2-12-5-4-11(10-26)8-14(12)17;12-11-3-1-2-9-5-4-8(7-13)6-10(9)11;9-7-2-1-5(13-4-14)3-6(7)8(10,11)12/h1-3,6-7,9,11,26H,4-5,8,10H2,(H2,24,25,27);1-3,8,13H,4-7,12H2;1-3H. The number of nitrogens with zero attached hydrogens (tertiary/aromatic N) is 1. The van der Waals surface area contributed by atoms with Gasteiger partial charge < -0.3 is 26.6 Å². The highest BCUT2D eigenvalue weighted by Crippen LogP contribution is 2.38. The third kappa shape index (κ3) is 11.5. The molecule has 0 spiro atoms. The molecule has 4 aromatic carbocycles. The van der Waals surface area contributed by atoms with Crippen molar-refractivity contribution in [2.45, 2.75) is 50.9 Å². The molecule has 0 saturated carbocycles. The van der Waals surface area contributed by atoms with Gasteiger partial charge in [0.25, 0.3) is 0 Å². The Morgan fingerprint density at radius 3 is 1.89 bits per heavy atom. The Morgan fingerprint density at radius 1 is 0.778 bits per heavy atom. The lowest BCUT2D eigenvalue weighted by Gasteiger charge is -2.25. The van der Waals surface area contributed by atoms with E-state index in [1.165, 1.54) is 23.3 Å². The van der Waals surface area contributed by atoms with Crippen molar-refractivity contribution in [2.75, 3.05) is 29.6 Å². The summed E-state index contributed by atoms with van der Waals surface area (Å²) in [6.45, 7) is 0.360. The van der Waals surface area contributed by atoms with Crippen molar-refractivity contribution in [2.24, 2.45) is 16.8 Å². The van der Waals surface area contributed by atoms with Gasteiger partial charge in [0.2, 0.25) is 6.08 Å². The molecule has 0 aliphatic heterocycles. The monoisotopic (exact) mass is 796 g/mol. The summed E-state index contributed by atoms with van der Waals surface area (Å²) in [7, 11) is 0. The molecule has 8 nitrogen and oxygen atoms in total. The van der Waals surface area contributed by atoms with Crippen molar-refractivity contribution in [3.05, 3.63) is 116 Å². The lowest BCUT2D eigenvalue weighted by atomic mass is 9.83. The fraction of sp³-hybridized carbons (Fsp3) is 0.316. The van der Waals surface area contributed by atoms with Crippen LogP contribution >= 0.6 is 23.2 Å². The molecule has 2 unspecified atom stereocenters. The zero-order chi connectivity index (χ0) is 39.6. The number of halogens is 8. The molecule has 0 bridgehead atoms. The summed E-state index contributed by atoms with van der Waals surface area (Å²) < 4.78 is 75.5. The maximum absolute atomic E-state index is 12.9. The number of nitrogen functional groups attached to an aromatic ring is 1. The number of benzene rings is 4. The molecule has 6 N–H and O–H groups in total. The molecule has 0 fully saturated rings. The Morgan fingerprint density at radius 2 is 1.31 bits per heavy atom. The number of fused-ring (bicyclic) bond motifs is 2. The number of alkyl halides is 6. The maximum atomic E-state index is 12.9. The number of amides is 2. The second kappa shape index (κ2) is 18.6. The van der Waals surface area contributed by atoms with Crippen LogP contribution in [0.25, 0.3) is 0 Å². The molecule has 288 valence electrons. The summed E-state index contributed by atoms with van der Waals surface area (Å²) in [5.41, 5.74) is 9.86. The zero-order valence-corrected chi connectivity index (χ0v) is 30.0. The van der Waals surface area contributed by atoms with Crippen LogP contribution in [0, 0.1) is 11.8 Å². The van der Waals surface area contributed by atoms with Crippen LogP contribution in [0.15, 0.2) is 77.8 Å². The second-order valence-corrected chi connectivity index (χ2v) is 13.5. The highest BCUT2D eigenvalue weighted by Gasteiger charge is 2.34. The van der Waals surface area contributed by atoms with Crippen LogP contribution < -0.4 is 16.4 Å². The number of aliphatic imine (C=N–C) groups is 1. The van der Waals surface area contributed by atoms with Gasteiger partial charge in [-0.05, 0) is 121 Å². The van der Waals surface area contributed by atoms with E-state index in [4.69, 9.17) is 34.0 Å². The minimum absolute atomic E-state index is 0.0118. The van der Waals surface area contributed by atoms with E-state index in [0.29, 0.717) is 24.1 Å². The molecular formula is C38H36Cl2F6N4O4. The molecule has 6 rings (SSSR count). The molecule has 2 aliphatic rings. The largest absolute Gasteiger partial charge is 0.417 e. The Hall–Kier alpha value is -4.59. The predicted octanol–water partition coefficient (Wildman–Crippen LogP) is 9.79. The summed E-state index contributed by atoms with van der Waals surface area (Å²) in [5.74, 6) is 0.548. The van der Waals surface area contributed by atoms with E-state index < -0.39 is 39.6 Å². The number of hydrogen-bond acceptors (Lipinski definition) is 6. The van der Waals surface area contributed by atoms with Gasteiger partial charge in [-0.1, -0.05) is 47.5 Å². The Balaban J connectivity index is 0.000000201. The molecule has 0 radical (unpaired) electrons. The van der Waals surface area contributed by atoms with Gasteiger partial charge >= 0.3 is 18.4 Å². The van der Waals surface area contributed by atoms with Gasteiger partial charge in [0.1, 0.15) is 0 Å². The predicted molar refractivity (Wildman–Crippen MR) is 196 cm³/mol. The highest BCUT2D eigenvalue weighted by molar-refractivity contribution is 6.31. The molecule has 0 heterocycles. The fourth-order valence-corrected chi connectivity index (χ4v) is 6.58. The van der Waals surface area contributed by atoms with Gasteiger partial charge in [0, 0.05) is 30.3 Å². The van der Waals surface area contributed by atoms with Gasteiger partial charge in [0.05, 0.1) is 26.9 Å². The summed E-state index contributed by atoms with van der Waals surface area (Å²) in [6.07, 6.45) is -2.59. The fourth-order valence-electron chi connectivity index (χ4n) is 6.13. The third-order valence-corrected chi connectivity index (χ3v) is 9.60. The first kappa shape index (κ1) is 42.2. The first-order valence-corrected chi connectivity index (χ1v) is 17.4. The summed E-state index contributed by atoms with van der Waals surface area (Å²) in [5, 5.41) is 22.7. The van der Waals surface area contributed by atoms with Crippen LogP contribution in [-0.2, 0) is 42.8 Å². The number of anilines is 3. The summed E-state index contributed by atoms with van der Waals surface area (Å²) >= 11 is 10.9. The molecule has 16 heteroatoms. The van der Waals surface area contributed by atoms with E-state index >= 15 is 0 Å². The van der Waals surface area contributed by atoms with E-state index in [9.17, 15) is 41.0 Å². The Labute approximate surface area is 317 Å². The Kier molecular flexibility index (Phi) is 14.5. The smallest absolute Gasteiger partial charge is 0.398 e. The van der Waals surface area contributed by atoms with E-state index in [0.717, 1.165) is 73.2 Å². The van der Waals surface area contributed by atoms with Crippen LogP contribution in [0.4, 0.5) is 53.9 Å². The number of aliphatic hydroxyl groups is 2. The van der Waals surface area contributed by atoms with E-state index in [2.05, 4.69) is 21.7 Å². The number of nitrogens with one attached hydrogen (secondary N) is 2. The average molecular weight is 798 g/mol. The van der Waals surface area contributed by atoms with Crippen LogP contribution in [0.3, 0.4) is 0 Å². The van der Waals surface area contributed by atoms with Gasteiger partial charge in [-0.2, -0.15) is 31.3 Å². The lowest BCUT2D eigenvalue weighted by Crippen LogP contribution is -2.23. The zero-order valence-electron chi connectivity index (χ0n) is 28.5. The molecule has 0 aromatic heterocycles. The third-order valence-electron chi connectivity index (χ3n) is 8.94. The van der Waals surface area contributed by atoms with Gasteiger partial charge in [-0.3, -0.25) is 0 Å². The number of aryl methyl sites for hydroxylation is 2. The first-order chi connectivity index (χ1) is 25.5. The van der Waals surface area contributed by atoms with Crippen LogP contribution in [-0.4, -0.2) is 35.5 Å². The van der Waals surface area contributed by atoms with Crippen molar-refractivity contribution < 1.29 is 46.1 Å². The second-order valence-electron chi connectivity index (χ2n) is 12.6. The topological polar surface area (TPSA) is 137 Å². The van der Waals surface area contributed by atoms with Gasteiger partial charge in [-0.25, -0.2) is 9.59 Å². The van der Waals surface area contributed by atoms with Gasteiger partial charge in [0.15, 0.2) is 0 Å². The molecule has 4 aromatic rings. The van der Waals surface area contributed by atoms with E-state index in [1.807, 2.05) is 24.3 Å². The van der Waals surface area contributed by atoms with Crippen LogP contribution in [0.5, 0.6) is 0 Å². The normalized spacial score (nSPS) is 16.2. The van der Waals surface area contributed by atoms with E-state index in [-0.39, 0.29) is 30.5 Å².